The third kappa shape index (κ3) is 8.47. The highest BCUT2D eigenvalue weighted by Gasteiger charge is 2.14. The lowest BCUT2D eigenvalue weighted by Gasteiger charge is -2.13. The van der Waals surface area contributed by atoms with Crippen LogP contribution < -0.4 is 4.72 Å². The number of methoxy groups -OCH3 is 1. The molecule has 1 aromatic carbocycles. The first kappa shape index (κ1) is 21.6. The van der Waals surface area contributed by atoms with Crippen molar-refractivity contribution in [1.82, 2.24) is 4.72 Å². The van der Waals surface area contributed by atoms with Gasteiger partial charge in [0.05, 0.1) is 12.0 Å². The SMILES string of the molecule is COC(=O)CC[C@H](CC=O)CCCCNS(=O)(=O)c1ccc(Cl)cc1. The van der Waals surface area contributed by atoms with E-state index in [0.717, 1.165) is 19.1 Å². The number of carbonyl (C=O) groups is 2. The van der Waals surface area contributed by atoms with E-state index < -0.39 is 10.0 Å². The van der Waals surface area contributed by atoms with Gasteiger partial charge in [0, 0.05) is 24.4 Å². The number of unbranched alkanes of at least 4 members (excludes halogenated alkanes) is 1. The highest BCUT2D eigenvalue weighted by atomic mass is 35.5. The van der Waals surface area contributed by atoms with Crippen molar-refractivity contribution >= 4 is 33.9 Å². The van der Waals surface area contributed by atoms with Crippen molar-refractivity contribution in [2.45, 2.75) is 43.4 Å². The Bertz CT molecular complexity index is 646. The highest BCUT2D eigenvalue weighted by Crippen LogP contribution is 2.18. The molecule has 0 saturated carbocycles. The molecule has 1 aromatic rings. The van der Waals surface area contributed by atoms with E-state index in [9.17, 15) is 18.0 Å². The molecule has 0 bridgehead atoms. The second-order valence-electron chi connectivity index (χ2n) is 5.73. The van der Waals surface area contributed by atoms with Gasteiger partial charge in [0.2, 0.25) is 10.0 Å². The van der Waals surface area contributed by atoms with Crippen molar-refractivity contribution < 1.29 is 22.7 Å². The molecule has 0 aliphatic rings. The van der Waals surface area contributed by atoms with Gasteiger partial charge in [0.15, 0.2) is 0 Å². The van der Waals surface area contributed by atoms with Crippen LogP contribution in [0.2, 0.25) is 5.02 Å². The normalized spacial score (nSPS) is 12.6. The molecule has 0 aliphatic heterocycles. The van der Waals surface area contributed by atoms with Crippen LogP contribution in [0.1, 0.15) is 38.5 Å². The predicted molar refractivity (Wildman–Crippen MR) is 95.9 cm³/mol. The topological polar surface area (TPSA) is 89.5 Å². The number of rotatable bonds is 12. The maximum atomic E-state index is 12.1. The molecule has 1 rings (SSSR count). The van der Waals surface area contributed by atoms with Gasteiger partial charge in [0.25, 0.3) is 0 Å². The minimum atomic E-state index is -3.54. The number of carbonyl (C=O) groups excluding carboxylic acids is 2. The molecule has 8 heteroatoms. The summed E-state index contributed by atoms with van der Waals surface area (Å²) in [5.41, 5.74) is 0. The molecule has 0 spiro atoms. The fourth-order valence-electron chi connectivity index (χ4n) is 2.40. The van der Waals surface area contributed by atoms with Crippen molar-refractivity contribution in [1.29, 1.82) is 0 Å². The first-order valence-electron chi connectivity index (χ1n) is 8.14. The van der Waals surface area contributed by atoms with E-state index in [1.165, 1.54) is 31.4 Å². The van der Waals surface area contributed by atoms with Crippen molar-refractivity contribution in [2.75, 3.05) is 13.7 Å². The van der Waals surface area contributed by atoms with Crippen molar-refractivity contribution in [3.05, 3.63) is 29.3 Å². The average Bonchev–Trinajstić information content (AvgIpc) is 2.59. The van der Waals surface area contributed by atoms with Gasteiger partial charge in [-0.05, 0) is 49.4 Å². The summed E-state index contributed by atoms with van der Waals surface area (Å²) in [5.74, 6) is -0.170. The van der Waals surface area contributed by atoms with E-state index in [0.29, 0.717) is 30.8 Å². The molecule has 0 aromatic heterocycles. The van der Waals surface area contributed by atoms with E-state index in [4.69, 9.17) is 11.6 Å². The summed E-state index contributed by atoms with van der Waals surface area (Å²) in [7, 11) is -2.20. The summed E-state index contributed by atoms with van der Waals surface area (Å²) in [5, 5.41) is 0.479. The Balaban J connectivity index is 2.34. The average molecular weight is 390 g/mol. The Labute approximate surface area is 153 Å². The molecular formula is C17H24ClNO5S. The predicted octanol–water partition coefficient (Wildman–Crippen LogP) is 2.95. The number of benzene rings is 1. The molecule has 0 radical (unpaired) electrons. The number of nitrogens with one attached hydrogen (secondary N) is 1. The summed E-state index contributed by atoms with van der Waals surface area (Å²) in [4.78, 5) is 22.1. The Morgan fingerprint density at radius 3 is 2.52 bits per heavy atom. The minimum Gasteiger partial charge on any atom is -0.469 e. The number of esters is 1. The molecule has 0 fully saturated rings. The zero-order chi connectivity index (χ0) is 18.7. The van der Waals surface area contributed by atoms with Crippen molar-refractivity contribution in [3.63, 3.8) is 0 Å². The van der Waals surface area contributed by atoms with E-state index in [2.05, 4.69) is 9.46 Å². The lowest BCUT2D eigenvalue weighted by Crippen LogP contribution is -2.24. The fourth-order valence-corrected chi connectivity index (χ4v) is 3.60. The van der Waals surface area contributed by atoms with E-state index >= 15 is 0 Å². The lowest BCUT2D eigenvalue weighted by atomic mass is 9.94. The Kier molecular flexibility index (Phi) is 9.70. The van der Waals surface area contributed by atoms with Crippen LogP contribution >= 0.6 is 11.6 Å². The number of hydrogen-bond donors (Lipinski definition) is 1. The van der Waals surface area contributed by atoms with Gasteiger partial charge >= 0.3 is 5.97 Å². The van der Waals surface area contributed by atoms with Crippen LogP contribution in [0.5, 0.6) is 0 Å². The first-order chi connectivity index (χ1) is 11.9. The van der Waals surface area contributed by atoms with Crippen LogP contribution in [0, 0.1) is 5.92 Å². The molecule has 0 unspecified atom stereocenters. The van der Waals surface area contributed by atoms with Crippen molar-refractivity contribution in [3.8, 4) is 0 Å². The van der Waals surface area contributed by atoms with Gasteiger partial charge in [-0.1, -0.05) is 18.0 Å². The van der Waals surface area contributed by atoms with Crippen LogP contribution in [-0.2, 0) is 24.3 Å². The number of ether oxygens (including phenoxy) is 1. The maximum absolute atomic E-state index is 12.1. The lowest BCUT2D eigenvalue weighted by molar-refractivity contribution is -0.141. The van der Waals surface area contributed by atoms with Crippen LogP contribution in [0.15, 0.2) is 29.2 Å². The Hall–Kier alpha value is -1.44. The fraction of sp³-hybridized carbons (Fsp3) is 0.529. The molecular weight excluding hydrogens is 366 g/mol. The highest BCUT2D eigenvalue weighted by molar-refractivity contribution is 7.89. The van der Waals surface area contributed by atoms with Crippen LogP contribution in [-0.4, -0.2) is 34.3 Å². The molecule has 0 aliphatic carbocycles. The number of hydrogen-bond acceptors (Lipinski definition) is 5. The Morgan fingerprint density at radius 1 is 1.24 bits per heavy atom. The van der Waals surface area contributed by atoms with Crippen molar-refractivity contribution in [2.24, 2.45) is 5.92 Å². The molecule has 0 amide bonds. The zero-order valence-corrected chi connectivity index (χ0v) is 15.8. The summed E-state index contributed by atoms with van der Waals surface area (Å²) in [6.07, 6.45) is 4.32. The zero-order valence-electron chi connectivity index (χ0n) is 14.2. The minimum absolute atomic E-state index is 0.115. The smallest absolute Gasteiger partial charge is 0.305 e. The summed E-state index contributed by atoms with van der Waals surface area (Å²) >= 11 is 5.75. The first-order valence-corrected chi connectivity index (χ1v) is 10.0. The molecule has 0 saturated heterocycles. The van der Waals surface area contributed by atoms with Crippen LogP contribution in [0.4, 0.5) is 0 Å². The summed E-state index contributed by atoms with van der Waals surface area (Å²) in [6.45, 7) is 0.315. The van der Waals surface area contributed by atoms with Gasteiger partial charge in [-0.2, -0.15) is 0 Å². The Morgan fingerprint density at radius 2 is 1.92 bits per heavy atom. The van der Waals surface area contributed by atoms with Crippen LogP contribution in [0.3, 0.4) is 0 Å². The summed E-state index contributed by atoms with van der Waals surface area (Å²) in [6, 6.07) is 5.97. The van der Waals surface area contributed by atoms with Crippen LogP contribution in [0.25, 0.3) is 0 Å². The van der Waals surface area contributed by atoms with E-state index in [-0.39, 0.29) is 23.2 Å². The summed E-state index contributed by atoms with van der Waals surface area (Å²) < 4.78 is 31.3. The monoisotopic (exact) mass is 389 g/mol. The second-order valence-corrected chi connectivity index (χ2v) is 7.93. The maximum Gasteiger partial charge on any atom is 0.305 e. The number of aldehydes is 1. The van der Waals surface area contributed by atoms with E-state index in [1.54, 1.807) is 0 Å². The van der Waals surface area contributed by atoms with Gasteiger partial charge in [0.1, 0.15) is 6.29 Å². The van der Waals surface area contributed by atoms with E-state index in [1.807, 2.05) is 0 Å². The third-order valence-corrected chi connectivity index (χ3v) is 5.60. The molecule has 140 valence electrons. The van der Waals surface area contributed by atoms with Gasteiger partial charge in [-0.25, -0.2) is 13.1 Å². The van der Waals surface area contributed by atoms with Gasteiger partial charge < -0.3 is 9.53 Å². The van der Waals surface area contributed by atoms with Gasteiger partial charge in [-0.3, -0.25) is 4.79 Å². The molecule has 25 heavy (non-hydrogen) atoms. The van der Waals surface area contributed by atoms with Gasteiger partial charge in [-0.15, -0.1) is 0 Å². The molecule has 1 N–H and O–H groups in total. The molecule has 6 nitrogen and oxygen atoms in total. The largest absolute Gasteiger partial charge is 0.469 e. The quantitative estimate of drug-likeness (QED) is 0.337. The second kappa shape index (κ2) is 11.2. The third-order valence-electron chi connectivity index (χ3n) is 3.87. The molecule has 0 heterocycles. The standard InChI is InChI=1S/C17H24ClNO5S/c1-24-17(21)10-5-14(11-13-20)4-2-3-12-19-25(22,23)16-8-6-15(18)7-9-16/h6-9,13-14,19H,2-5,10-12H2,1H3/t14-/m1/s1. The number of halogens is 1. The molecule has 1 atom stereocenters. The number of sulfonamides is 1.